The SMILES string of the molecule is CCCC(=O)Nc1cncc(-c2cc3c(-c4cc5c(-c6ccc(F)cc6)nccc5[nH]4)n[nH]c3cn2)c1. The number of aromatic amines is 2. The number of fused-ring (bicyclic) bond motifs is 2. The number of benzene rings is 1. The smallest absolute Gasteiger partial charge is 0.224 e. The van der Waals surface area contributed by atoms with Crippen LogP contribution in [0.1, 0.15) is 19.8 Å². The topological polar surface area (TPSA) is 112 Å². The number of H-pyrrole nitrogens is 2. The molecule has 0 atom stereocenters. The van der Waals surface area contributed by atoms with E-state index < -0.39 is 0 Å². The minimum Gasteiger partial charge on any atom is -0.353 e. The third-order valence-corrected chi connectivity index (χ3v) is 6.16. The van der Waals surface area contributed by atoms with Crippen LogP contribution in [0.25, 0.3) is 55.7 Å². The number of halogens is 1. The first-order chi connectivity index (χ1) is 18.1. The summed E-state index contributed by atoms with van der Waals surface area (Å²) in [5, 5.41) is 12.3. The molecule has 5 heterocycles. The van der Waals surface area contributed by atoms with E-state index in [-0.39, 0.29) is 11.7 Å². The van der Waals surface area contributed by atoms with E-state index in [0.29, 0.717) is 17.8 Å². The van der Waals surface area contributed by atoms with Gasteiger partial charge in [0.2, 0.25) is 5.91 Å². The second kappa shape index (κ2) is 9.27. The van der Waals surface area contributed by atoms with Gasteiger partial charge in [-0.25, -0.2) is 4.39 Å². The van der Waals surface area contributed by atoms with Gasteiger partial charge in [0.05, 0.1) is 40.7 Å². The molecule has 0 spiro atoms. The molecule has 0 aliphatic heterocycles. The molecule has 6 aromatic rings. The van der Waals surface area contributed by atoms with Crippen LogP contribution in [0.2, 0.25) is 0 Å². The van der Waals surface area contributed by atoms with E-state index in [4.69, 9.17) is 0 Å². The molecule has 0 fully saturated rings. The van der Waals surface area contributed by atoms with Crippen LogP contribution in [0.4, 0.5) is 10.1 Å². The zero-order chi connectivity index (χ0) is 25.4. The highest BCUT2D eigenvalue weighted by atomic mass is 19.1. The zero-order valence-corrected chi connectivity index (χ0v) is 19.9. The molecule has 0 bridgehead atoms. The van der Waals surface area contributed by atoms with Crippen LogP contribution in [-0.2, 0) is 4.79 Å². The van der Waals surface area contributed by atoms with Crippen LogP contribution in [0, 0.1) is 5.82 Å². The molecule has 6 rings (SSSR count). The second-order valence-electron chi connectivity index (χ2n) is 8.76. The quantitative estimate of drug-likeness (QED) is 0.260. The number of anilines is 1. The molecule has 0 saturated heterocycles. The Labute approximate surface area is 211 Å². The Kier molecular flexibility index (Phi) is 5.65. The molecule has 182 valence electrons. The summed E-state index contributed by atoms with van der Waals surface area (Å²) in [4.78, 5) is 28.8. The summed E-state index contributed by atoms with van der Waals surface area (Å²) in [6.45, 7) is 1.96. The molecule has 9 heteroatoms. The predicted molar refractivity (Wildman–Crippen MR) is 141 cm³/mol. The van der Waals surface area contributed by atoms with Crippen LogP contribution < -0.4 is 5.32 Å². The van der Waals surface area contributed by atoms with Crippen molar-refractivity contribution >= 4 is 33.4 Å². The number of nitrogens with zero attached hydrogens (tertiary/aromatic N) is 4. The maximum atomic E-state index is 13.5. The van der Waals surface area contributed by atoms with Gasteiger partial charge in [0.15, 0.2) is 0 Å². The van der Waals surface area contributed by atoms with Gasteiger partial charge in [0.25, 0.3) is 0 Å². The molecule has 0 aliphatic carbocycles. The molecule has 5 aromatic heterocycles. The standard InChI is InChI=1S/C28H22FN7O/c1-2-3-26(37)33-19-10-17(13-30-14-19)23-11-21-25(15-32-23)35-36-28(21)24-12-20-22(34-24)8-9-31-27(20)16-4-6-18(29)7-5-16/h4-15,34H,2-3H2,1H3,(H,33,37)(H,35,36). The third kappa shape index (κ3) is 4.31. The van der Waals surface area contributed by atoms with Crippen molar-refractivity contribution in [3.05, 3.63) is 79.1 Å². The van der Waals surface area contributed by atoms with Gasteiger partial charge >= 0.3 is 0 Å². The number of aromatic nitrogens is 6. The molecule has 0 unspecified atom stereocenters. The molecule has 37 heavy (non-hydrogen) atoms. The minimum absolute atomic E-state index is 0.0460. The van der Waals surface area contributed by atoms with Gasteiger partial charge in [-0.3, -0.25) is 24.8 Å². The van der Waals surface area contributed by atoms with E-state index in [0.717, 1.165) is 56.4 Å². The Bertz CT molecular complexity index is 1750. The number of carbonyl (C=O) groups excluding carboxylic acids is 1. The lowest BCUT2D eigenvalue weighted by atomic mass is 10.1. The lowest BCUT2D eigenvalue weighted by molar-refractivity contribution is -0.116. The summed E-state index contributed by atoms with van der Waals surface area (Å²) in [6.07, 6.45) is 8.03. The Balaban J connectivity index is 1.40. The normalized spacial score (nSPS) is 11.3. The number of nitrogens with one attached hydrogen (secondary N) is 3. The van der Waals surface area contributed by atoms with Crippen molar-refractivity contribution in [1.29, 1.82) is 0 Å². The molecule has 3 N–H and O–H groups in total. The zero-order valence-electron chi connectivity index (χ0n) is 19.9. The fourth-order valence-corrected chi connectivity index (χ4v) is 4.40. The molecule has 8 nitrogen and oxygen atoms in total. The first-order valence-electron chi connectivity index (χ1n) is 11.9. The van der Waals surface area contributed by atoms with Gasteiger partial charge in [0, 0.05) is 46.2 Å². The fraction of sp³-hybridized carbons (Fsp3) is 0.107. The van der Waals surface area contributed by atoms with Gasteiger partial charge in [-0.15, -0.1) is 0 Å². The van der Waals surface area contributed by atoms with E-state index in [1.165, 1.54) is 12.1 Å². The van der Waals surface area contributed by atoms with Crippen LogP contribution in [0.15, 0.2) is 73.3 Å². The minimum atomic E-state index is -0.290. The van der Waals surface area contributed by atoms with Crippen molar-refractivity contribution in [2.45, 2.75) is 19.8 Å². The summed E-state index contributed by atoms with van der Waals surface area (Å²) in [7, 11) is 0. The van der Waals surface area contributed by atoms with Gasteiger partial charge in [-0.05, 0) is 55.0 Å². The van der Waals surface area contributed by atoms with Crippen molar-refractivity contribution in [2.75, 3.05) is 5.32 Å². The van der Waals surface area contributed by atoms with Crippen molar-refractivity contribution in [1.82, 2.24) is 30.1 Å². The average molecular weight is 492 g/mol. The maximum absolute atomic E-state index is 13.5. The second-order valence-corrected chi connectivity index (χ2v) is 8.76. The van der Waals surface area contributed by atoms with E-state index in [1.54, 1.807) is 36.9 Å². The number of amides is 1. The highest BCUT2D eigenvalue weighted by molar-refractivity contribution is 6.00. The number of hydrogen-bond acceptors (Lipinski definition) is 5. The molecular weight excluding hydrogens is 469 g/mol. The van der Waals surface area contributed by atoms with Crippen molar-refractivity contribution in [3.8, 4) is 33.9 Å². The number of carbonyl (C=O) groups is 1. The highest BCUT2D eigenvalue weighted by Crippen LogP contribution is 2.34. The molecule has 0 saturated carbocycles. The fourth-order valence-electron chi connectivity index (χ4n) is 4.40. The average Bonchev–Trinajstić information content (AvgIpc) is 3.53. The van der Waals surface area contributed by atoms with E-state index in [1.807, 2.05) is 31.2 Å². The molecule has 0 aliphatic rings. The molecule has 1 amide bonds. The lowest BCUT2D eigenvalue weighted by Crippen LogP contribution is -2.10. The Morgan fingerprint density at radius 2 is 1.76 bits per heavy atom. The monoisotopic (exact) mass is 491 g/mol. The molecule has 1 aromatic carbocycles. The maximum Gasteiger partial charge on any atom is 0.224 e. The van der Waals surface area contributed by atoms with E-state index in [2.05, 4.69) is 35.5 Å². The van der Waals surface area contributed by atoms with E-state index in [9.17, 15) is 9.18 Å². The van der Waals surface area contributed by atoms with Gasteiger partial charge in [-0.2, -0.15) is 5.10 Å². The van der Waals surface area contributed by atoms with Crippen LogP contribution in [0.3, 0.4) is 0 Å². The number of rotatable bonds is 6. The summed E-state index contributed by atoms with van der Waals surface area (Å²) in [5.74, 6) is -0.336. The molecule has 0 radical (unpaired) electrons. The number of hydrogen-bond donors (Lipinski definition) is 3. The largest absolute Gasteiger partial charge is 0.353 e. The lowest BCUT2D eigenvalue weighted by Gasteiger charge is -2.06. The van der Waals surface area contributed by atoms with Crippen LogP contribution >= 0.6 is 0 Å². The Hall–Kier alpha value is -4.92. The van der Waals surface area contributed by atoms with Crippen molar-refractivity contribution in [2.24, 2.45) is 0 Å². The van der Waals surface area contributed by atoms with Crippen molar-refractivity contribution in [3.63, 3.8) is 0 Å². The molecular formula is C28H22FN7O. The van der Waals surface area contributed by atoms with Crippen LogP contribution in [0.5, 0.6) is 0 Å². The summed E-state index contributed by atoms with van der Waals surface area (Å²) in [6, 6.07) is 14.0. The summed E-state index contributed by atoms with van der Waals surface area (Å²) < 4.78 is 13.5. The van der Waals surface area contributed by atoms with Crippen molar-refractivity contribution < 1.29 is 9.18 Å². The van der Waals surface area contributed by atoms with Gasteiger partial charge in [0.1, 0.15) is 11.5 Å². The van der Waals surface area contributed by atoms with Gasteiger partial charge in [-0.1, -0.05) is 6.92 Å². The Morgan fingerprint density at radius 1 is 0.919 bits per heavy atom. The highest BCUT2D eigenvalue weighted by Gasteiger charge is 2.16. The first-order valence-corrected chi connectivity index (χ1v) is 11.9. The predicted octanol–water partition coefficient (Wildman–Crippen LogP) is 6.11. The third-order valence-electron chi connectivity index (χ3n) is 6.16. The van der Waals surface area contributed by atoms with Crippen LogP contribution in [-0.4, -0.2) is 36.0 Å². The summed E-state index contributed by atoms with van der Waals surface area (Å²) in [5.41, 5.74) is 6.94. The summed E-state index contributed by atoms with van der Waals surface area (Å²) >= 11 is 0. The number of pyridine rings is 3. The van der Waals surface area contributed by atoms with E-state index >= 15 is 0 Å². The first kappa shape index (κ1) is 22.5. The van der Waals surface area contributed by atoms with Gasteiger partial charge < -0.3 is 10.3 Å². The Morgan fingerprint density at radius 3 is 2.59 bits per heavy atom.